The molecule has 4 nitrogen and oxygen atoms in total. The fourth-order valence-corrected chi connectivity index (χ4v) is 5.66. The lowest BCUT2D eigenvalue weighted by atomic mass is 9.93. The van der Waals surface area contributed by atoms with Crippen molar-refractivity contribution in [3.63, 3.8) is 0 Å². The second kappa shape index (κ2) is 11.9. The van der Waals surface area contributed by atoms with Crippen molar-refractivity contribution in [1.82, 2.24) is 9.80 Å². The van der Waals surface area contributed by atoms with E-state index in [1.807, 2.05) is 52.7 Å². The highest BCUT2D eigenvalue weighted by Gasteiger charge is 2.31. The Bertz CT molecular complexity index is 1100. The van der Waals surface area contributed by atoms with Crippen LogP contribution in [0.15, 0.2) is 66.0 Å². The van der Waals surface area contributed by atoms with Crippen LogP contribution < -0.4 is 0 Å². The van der Waals surface area contributed by atoms with Gasteiger partial charge in [-0.3, -0.25) is 9.59 Å². The van der Waals surface area contributed by atoms with Gasteiger partial charge in [-0.1, -0.05) is 78.9 Å². The number of hydrogen-bond donors (Lipinski definition) is 0. The maximum absolute atomic E-state index is 13.7. The van der Waals surface area contributed by atoms with Crippen LogP contribution in [0.5, 0.6) is 0 Å². The van der Waals surface area contributed by atoms with Crippen LogP contribution in [0.3, 0.4) is 0 Å². The largest absolute Gasteiger partial charge is 0.332 e. The van der Waals surface area contributed by atoms with Crippen molar-refractivity contribution >= 4 is 46.4 Å². The van der Waals surface area contributed by atoms with E-state index in [-0.39, 0.29) is 24.4 Å². The van der Waals surface area contributed by atoms with E-state index in [0.29, 0.717) is 28.7 Å². The van der Waals surface area contributed by atoms with Crippen LogP contribution in [-0.4, -0.2) is 34.2 Å². The van der Waals surface area contributed by atoms with Crippen LogP contribution in [-0.2, 0) is 17.9 Å². The van der Waals surface area contributed by atoms with E-state index in [9.17, 15) is 9.59 Å². The Morgan fingerprint density at radius 2 is 1.68 bits per heavy atom. The summed E-state index contributed by atoms with van der Waals surface area (Å²) in [6.45, 7) is 1.03. The molecule has 1 aliphatic rings. The first-order chi connectivity index (χ1) is 16.5. The van der Waals surface area contributed by atoms with Crippen molar-refractivity contribution in [2.45, 2.75) is 51.2 Å². The van der Waals surface area contributed by atoms with Gasteiger partial charge in [-0.05, 0) is 48.1 Å². The SMILES string of the molecule is O=C(CN(C(=O)c1ccc(Cl)cc1Cl)C1CCCCC1)N(Cc1ccccc1)Cc1cccs1. The van der Waals surface area contributed by atoms with Crippen molar-refractivity contribution in [1.29, 1.82) is 0 Å². The van der Waals surface area contributed by atoms with Gasteiger partial charge in [0.2, 0.25) is 5.91 Å². The van der Waals surface area contributed by atoms with Crippen LogP contribution in [0.4, 0.5) is 0 Å². The topological polar surface area (TPSA) is 40.6 Å². The van der Waals surface area contributed by atoms with Gasteiger partial charge in [0.15, 0.2) is 0 Å². The van der Waals surface area contributed by atoms with Gasteiger partial charge >= 0.3 is 0 Å². The highest BCUT2D eigenvalue weighted by atomic mass is 35.5. The maximum Gasteiger partial charge on any atom is 0.256 e. The number of carbonyl (C=O) groups is 2. The highest BCUT2D eigenvalue weighted by Crippen LogP contribution is 2.28. The first kappa shape index (κ1) is 24.8. The summed E-state index contributed by atoms with van der Waals surface area (Å²) in [6.07, 6.45) is 5.06. The molecule has 0 unspecified atom stereocenters. The minimum atomic E-state index is -0.210. The molecule has 1 heterocycles. The number of carbonyl (C=O) groups excluding carboxylic acids is 2. The van der Waals surface area contributed by atoms with E-state index in [4.69, 9.17) is 23.2 Å². The number of amides is 2. The molecule has 178 valence electrons. The molecule has 0 spiro atoms. The molecule has 1 aromatic heterocycles. The minimum absolute atomic E-state index is 0.0252. The van der Waals surface area contributed by atoms with Crippen molar-refractivity contribution in [3.05, 3.63) is 92.1 Å². The summed E-state index contributed by atoms with van der Waals surface area (Å²) < 4.78 is 0. The maximum atomic E-state index is 13.7. The normalized spacial score (nSPS) is 14.1. The Kier molecular flexibility index (Phi) is 8.65. The standard InChI is InChI=1S/C27H28Cl2N2O2S/c28-21-13-14-24(25(29)16-21)27(33)31(22-10-5-2-6-11-22)19-26(32)30(18-23-12-7-15-34-23)17-20-8-3-1-4-9-20/h1,3-4,7-9,12-16,22H,2,5-6,10-11,17-19H2. The van der Waals surface area contributed by atoms with E-state index < -0.39 is 0 Å². The van der Waals surface area contributed by atoms with Gasteiger partial charge in [0.05, 0.1) is 17.1 Å². The molecule has 1 fully saturated rings. The zero-order valence-corrected chi connectivity index (χ0v) is 21.3. The molecule has 2 aromatic carbocycles. The number of nitrogens with zero attached hydrogens (tertiary/aromatic N) is 2. The molecule has 0 aliphatic heterocycles. The first-order valence-electron chi connectivity index (χ1n) is 11.6. The lowest BCUT2D eigenvalue weighted by molar-refractivity contribution is -0.133. The number of halogens is 2. The molecule has 4 rings (SSSR count). The van der Waals surface area contributed by atoms with Crippen molar-refractivity contribution in [2.75, 3.05) is 6.54 Å². The molecule has 1 saturated carbocycles. The Labute approximate surface area is 215 Å². The third-order valence-corrected chi connectivity index (χ3v) is 7.65. The summed E-state index contributed by atoms with van der Waals surface area (Å²) in [5.74, 6) is -0.279. The first-order valence-corrected chi connectivity index (χ1v) is 13.2. The Hall–Kier alpha value is -2.34. The fraction of sp³-hybridized carbons (Fsp3) is 0.333. The summed E-state index contributed by atoms with van der Waals surface area (Å²) in [7, 11) is 0. The zero-order chi connectivity index (χ0) is 23.9. The molecule has 0 atom stereocenters. The third kappa shape index (κ3) is 6.41. The van der Waals surface area contributed by atoms with E-state index in [1.165, 1.54) is 0 Å². The van der Waals surface area contributed by atoms with Gasteiger partial charge in [-0.15, -0.1) is 11.3 Å². The lowest BCUT2D eigenvalue weighted by Crippen LogP contribution is -2.48. The molecule has 0 bridgehead atoms. The van der Waals surface area contributed by atoms with Crippen LogP contribution in [0.1, 0.15) is 52.9 Å². The molecule has 7 heteroatoms. The molecule has 0 saturated heterocycles. The van der Waals surface area contributed by atoms with E-state index in [2.05, 4.69) is 0 Å². The monoisotopic (exact) mass is 514 g/mol. The van der Waals surface area contributed by atoms with E-state index >= 15 is 0 Å². The van der Waals surface area contributed by atoms with E-state index in [1.54, 1.807) is 34.4 Å². The zero-order valence-electron chi connectivity index (χ0n) is 19.0. The van der Waals surface area contributed by atoms with Crippen molar-refractivity contribution < 1.29 is 9.59 Å². The molecule has 2 amide bonds. The lowest BCUT2D eigenvalue weighted by Gasteiger charge is -2.35. The quantitative estimate of drug-likeness (QED) is 0.322. The van der Waals surface area contributed by atoms with Crippen LogP contribution in [0.25, 0.3) is 0 Å². The van der Waals surface area contributed by atoms with Crippen molar-refractivity contribution in [3.8, 4) is 0 Å². The summed E-state index contributed by atoms with van der Waals surface area (Å²) in [5.41, 5.74) is 1.45. The molecule has 34 heavy (non-hydrogen) atoms. The Morgan fingerprint density at radius 1 is 0.912 bits per heavy atom. The smallest absolute Gasteiger partial charge is 0.256 e. The second-order valence-corrected chi connectivity index (χ2v) is 10.5. The fourth-order valence-electron chi connectivity index (χ4n) is 4.45. The summed E-state index contributed by atoms with van der Waals surface area (Å²) >= 11 is 14.1. The number of benzene rings is 2. The van der Waals surface area contributed by atoms with Crippen LogP contribution >= 0.6 is 34.5 Å². The second-order valence-electron chi connectivity index (χ2n) is 8.66. The van der Waals surface area contributed by atoms with Gasteiger partial charge in [0, 0.05) is 22.5 Å². The van der Waals surface area contributed by atoms with Crippen LogP contribution in [0, 0.1) is 0 Å². The van der Waals surface area contributed by atoms with Gasteiger partial charge in [-0.2, -0.15) is 0 Å². The number of thiophene rings is 1. The molecular weight excluding hydrogens is 487 g/mol. The predicted molar refractivity (Wildman–Crippen MR) is 139 cm³/mol. The molecule has 0 radical (unpaired) electrons. The summed E-state index contributed by atoms with van der Waals surface area (Å²) in [5, 5.41) is 2.80. The predicted octanol–water partition coefficient (Wildman–Crippen LogP) is 7.06. The number of hydrogen-bond acceptors (Lipinski definition) is 3. The van der Waals surface area contributed by atoms with Crippen molar-refractivity contribution in [2.24, 2.45) is 0 Å². The van der Waals surface area contributed by atoms with Gasteiger partial charge in [-0.25, -0.2) is 0 Å². The van der Waals surface area contributed by atoms with Gasteiger partial charge in [0.1, 0.15) is 6.54 Å². The third-order valence-electron chi connectivity index (χ3n) is 6.24. The summed E-state index contributed by atoms with van der Waals surface area (Å²) in [6, 6.07) is 18.9. The van der Waals surface area contributed by atoms with Crippen LogP contribution in [0.2, 0.25) is 10.0 Å². The molecule has 0 N–H and O–H groups in total. The average molecular weight is 516 g/mol. The Morgan fingerprint density at radius 3 is 2.35 bits per heavy atom. The van der Waals surface area contributed by atoms with E-state index in [0.717, 1.165) is 42.5 Å². The average Bonchev–Trinajstić information content (AvgIpc) is 3.36. The molecule has 1 aliphatic carbocycles. The highest BCUT2D eigenvalue weighted by molar-refractivity contribution is 7.09. The summed E-state index contributed by atoms with van der Waals surface area (Å²) in [4.78, 5) is 32.0. The minimum Gasteiger partial charge on any atom is -0.332 e. The molecular formula is C27H28Cl2N2O2S. The van der Waals surface area contributed by atoms with Gasteiger partial charge < -0.3 is 9.80 Å². The van der Waals surface area contributed by atoms with Gasteiger partial charge in [0.25, 0.3) is 5.91 Å². The number of rotatable bonds is 8. The Balaban J connectivity index is 1.59. The molecule has 3 aromatic rings.